The van der Waals surface area contributed by atoms with Crippen LogP contribution < -0.4 is 0 Å². The maximum absolute atomic E-state index is 2.42. The van der Waals surface area contributed by atoms with E-state index in [1.165, 1.54) is 31.2 Å². The van der Waals surface area contributed by atoms with E-state index in [9.17, 15) is 0 Å². The van der Waals surface area contributed by atoms with Crippen LogP contribution in [0.4, 0.5) is 0 Å². The van der Waals surface area contributed by atoms with Crippen LogP contribution in [0.2, 0.25) is 0 Å². The van der Waals surface area contributed by atoms with Gasteiger partial charge in [-0.1, -0.05) is 64.8 Å². The Kier molecular flexibility index (Phi) is 5.59. The van der Waals surface area contributed by atoms with Crippen molar-refractivity contribution in [2.75, 3.05) is 0 Å². The van der Waals surface area contributed by atoms with Gasteiger partial charge in [0.25, 0.3) is 0 Å². The fourth-order valence-corrected chi connectivity index (χ4v) is 2.43. The van der Waals surface area contributed by atoms with Crippen molar-refractivity contribution in [3.05, 3.63) is 35.4 Å². The second kappa shape index (κ2) is 6.73. The van der Waals surface area contributed by atoms with E-state index in [4.69, 9.17) is 0 Å². The Balaban J connectivity index is 0.000000606. The summed E-state index contributed by atoms with van der Waals surface area (Å²) in [6.45, 7) is 8.54. The van der Waals surface area contributed by atoms with E-state index < -0.39 is 0 Å². The standard InChI is InChI=1S/C14H20.C2H6/c1-11(2)13-8-5-9-14(10-13)12-6-3-4-7-12;1-2/h5,8-12H,3-4,6-7H2,1-2H3;1-2H3. The normalized spacial score (nSPS) is 16.1. The van der Waals surface area contributed by atoms with Gasteiger partial charge in [-0.2, -0.15) is 0 Å². The molecule has 0 saturated heterocycles. The maximum atomic E-state index is 2.42. The molecule has 0 unspecified atom stereocenters. The number of hydrogen-bond donors (Lipinski definition) is 0. The van der Waals surface area contributed by atoms with Crippen molar-refractivity contribution in [1.29, 1.82) is 0 Å². The Hall–Kier alpha value is -0.780. The van der Waals surface area contributed by atoms with Crippen LogP contribution in [-0.4, -0.2) is 0 Å². The van der Waals surface area contributed by atoms with E-state index in [0.29, 0.717) is 5.92 Å². The van der Waals surface area contributed by atoms with Crippen molar-refractivity contribution in [3.8, 4) is 0 Å². The molecule has 0 heterocycles. The highest BCUT2D eigenvalue weighted by atomic mass is 14.2. The third-order valence-corrected chi connectivity index (χ3v) is 3.40. The molecular formula is C16H26. The van der Waals surface area contributed by atoms with E-state index in [2.05, 4.69) is 38.1 Å². The molecular weight excluding hydrogens is 192 g/mol. The lowest BCUT2D eigenvalue weighted by molar-refractivity contribution is 0.719. The molecule has 0 bridgehead atoms. The Morgan fingerprint density at radius 1 is 1.06 bits per heavy atom. The summed E-state index contributed by atoms with van der Waals surface area (Å²) in [6.07, 6.45) is 5.66. The fraction of sp³-hybridized carbons (Fsp3) is 0.625. The van der Waals surface area contributed by atoms with E-state index >= 15 is 0 Å². The summed E-state index contributed by atoms with van der Waals surface area (Å²) >= 11 is 0. The van der Waals surface area contributed by atoms with E-state index in [0.717, 1.165) is 5.92 Å². The van der Waals surface area contributed by atoms with Crippen LogP contribution in [-0.2, 0) is 0 Å². The summed E-state index contributed by atoms with van der Waals surface area (Å²) in [5.41, 5.74) is 3.07. The van der Waals surface area contributed by atoms with Crippen molar-refractivity contribution >= 4 is 0 Å². The lowest BCUT2D eigenvalue weighted by Crippen LogP contribution is -1.95. The third-order valence-electron chi connectivity index (χ3n) is 3.40. The van der Waals surface area contributed by atoms with Crippen LogP contribution in [0.3, 0.4) is 0 Å². The lowest BCUT2D eigenvalue weighted by atomic mass is 9.93. The van der Waals surface area contributed by atoms with Gasteiger partial charge in [-0.3, -0.25) is 0 Å². The van der Waals surface area contributed by atoms with Crippen molar-refractivity contribution in [3.63, 3.8) is 0 Å². The van der Waals surface area contributed by atoms with Crippen molar-refractivity contribution in [2.45, 2.75) is 65.2 Å². The van der Waals surface area contributed by atoms with Crippen LogP contribution in [0.25, 0.3) is 0 Å². The zero-order valence-corrected chi connectivity index (χ0v) is 11.3. The van der Waals surface area contributed by atoms with Crippen LogP contribution in [0.15, 0.2) is 24.3 Å². The van der Waals surface area contributed by atoms with Crippen molar-refractivity contribution in [1.82, 2.24) is 0 Å². The molecule has 1 saturated carbocycles. The molecule has 0 nitrogen and oxygen atoms in total. The molecule has 1 aromatic carbocycles. The van der Waals surface area contributed by atoms with Crippen LogP contribution in [0, 0.1) is 0 Å². The highest BCUT2D eigenvalue weighted by Crippen LogP contribution is 2.34. The molecule has 0 atom stereocenters. The van der Waals surface area contributed by atoms with Crippen molar-refractivity contribution < 1.29 is 0 Å². The molecule has 90 valence electrons. The predicted octanol–water partition coefficient (Wildman–Crippen LogP) is 5.49. The summed E-state index contributed by atoms with van der Waals surface area (Å²) in [5, 5.41) is 0. The Morgan fingerprint density at radius 2 is 1.69 bits per heavy atom. The van der Waals surface area contributed by atoms with Crippen LogP contribution in [0.1, 0.15) is 76.3 Å². The number of hydrogen-bond acceptors (Lipinski definition) is 0. The Morgan fingerprint density at radius 3 is 2.25 bits per heavy atom. The third kappa shape index (κ3) is 3.37. The smallest absolute Gasteiger partial charge is 0.0162 e. The van der Waals surface area contributed by atoms with Gasteiger partial charge in [-0.25, -0.2) is 0 Å². The minimum absolute atomic E-state index is 0.663. The average Bonchev–Trinajstić information content (AvgIpc) is 2.85. The maximum Gasteiger partial charge on any atom is -0.0162 e. The molecule has 16 heavy (non-hydrogen) atoms. The molecule has 2 rings (SSSR count). The summed E-state index contributed by atoms with van der Waals surface area (Å²) in [5.74, 6) is 1.52. The zero-order chi connectivity index (χ0) is 12.0. The van der Waals surface area contributed by atoms with Gasteiger partial charge in [0.2, 0.25) is 0 Å². The molecule has 0 spiro atoms. The van der Waals surface area contributed by atoms with Gasteiger partial charge in [-0.05, 0) is 35.8 Å². The van der Waals surface area contributed by atoms with Gasteiger partial charge in [0.05, 0.1) is 0 Å². The highest BCUT2D eigenvalue weighted by Gasteiger charge is 2.17. The van der Waals surface area contributed by atoms with Crippen LogP contribution in [0.5, 0.6) is 0 Å². The molecule has 1 aromatic rings. The topological polar surface area (TPSA) is 0 Å². The van der Waals surface area contributed by atoms with E-state index in [1.807, 2.05) is 13.8 Å². The molecule has 1 aliphatic carbocycles. The largest absolute Gasteiger partial charge is 0.0683 e. The minimum atomic E-state index is 0.663. The molecule has 1 aliphatic rings. The van der Waals surface area contributed by atoms with E-state index in [-0.39, 0.29) is 0 Å². The molecule has 0 amide bonds. The van der Waals surface area contributed by atoms with Gasteiger partial charge < -0.3 is 0 Å². The highest BCUT2D eigenvalue weighted by molar-refractivity contribution is 5.28. The van der Waals surface area contributed by atoms with Crippen LogP contribution >= 0.6 is 0 Å². The van der Waals surface area contributed by atoms with Gasteiger partial charge in [0.15, 0.2) is 0 Å². The SMILES string of the molecule is CC.CC(C)c1cccc(C2CCCC2)c1. The zero-order valence-electron chi connectivity index (χ0n) is 11.3. The molecule has 0 aliphatic heterocycles. The fourth-order valence-electron chi connectivity index (χ4n) is 2.43. The Labute approximate surface area is 101 Å². The molecule has 0 radical (unpaired) electrons. The molecule has 0 N–H and O–H groups in total. The van der Waals surface area contributed by atoms with Gasteiger partial charge in [0, 0.05) is 0 Å². The van der Waals surface area contributed by atoms with Gasteiger partial charge in [0.1, 0.15) is 0 Å². The van der Waals surface area contributed by atoms with Gasteiger partial charge in [-0.15, -0.1) is 0 Å². The number of benzene rings is 1. The monoisotopic (exact) mass is 218 g/mol. The average molecular weight is 218 g/mol. The minimum Gasteiger partial charge on any atom is -0.0683 e. The summed E-state index contributed by atoms with van der Waals surface area (Å²) in [4.78, 5) is 0. The van der Waals surface area contributed by atoms with E-state index in [1.54, 1.807) is 5.56 Å². The van der Waals surface area contributed by atoms with Crippen molar-refractivity contribution in [2.24, 2.45) is 0 Å². The lowest BCUT2D eigenvalue weighted by Gasteiger charge is -2.12. The first-order valence-electron chi connectivity index (χ1n) is 6.87. The summed E-state index contributed by atoms with van der Waals surface area (Å²) in [7, 11) is 0. The second-order valence-electron chi connectivity index (χ2n) is 4.81. The second-order valence-corrected chi connectivity index (χ2v) is 4.81. The summed E-state index contributed by atoms with van der Waals surface area (Å²) in [6, 6.07) is 9.20. The first-order valence-corrected chi connectivity index (χ1v) is 6.87. The molecule has 1 fully saturated rings. The summed E-state index contributed by atoms with van der Waals surface area (Å²) < 4.78 is 0. The van der Waals surface area contributed by atoms with Gasteiger partial charge >= 0.3 is 0 Å². The quantitative estimate of drug-likeness (QED) is 0.615. The predicted molar refractivity (Wildman–Crippen MR) is 73.1 cm³/mol. The molecule has 0 heteroatoms. The number of rotatable bonds is 2. The Bertz CT molecular complexity index is 293. The first-order chi connectivity index (χ1) is 7.77. The first kappa shape index (κ1) is 13.3. The molecule has 0 aromatic heterocycles.